The number of fused-ring (bicyclic) bond motifs is 1. The highest BCUT2D eigenvalue weighted by Crippen LogP contribution is 2.23. The van der Waals surface area contributed by atoms with Crippen LogP contribution < -0.4 is 10.2 Å². The molecule has 0 radical (unpaired) electrons. The molecule has 0 aromatic carbocycles. The fourth-order valence-electron chi connectivity index (χ4n) is 3.73. The average Bonchev–Trinajstić information content (AvgIpc) is 3.24. The maximum atomic E-state index is 8.96. The molecule has 1 saturated heterocycles. The van der Waals surface area contributed by atoms with E-state index >= 15 is 0 Å². The van der Waals surface area contributed by atoms with Crippen molar-refractivity contribution in [2.75, 3.05) is 23.3 Å². The number of pyridine rings is 1. The highest BCUT2D eigenvalue weighted by atomic mass is 15.2. The van der Waals surface area contributed by atoms with Gasteiger partial charge in [0.2, 0.25) is 0 Å². The Bertz CT molecular complexity index is 1210. The molecular formula is C21H19N9. The van der Waals surface area contributed by atoms with Crippen molar-refractivity contribution >= 4 is 17.2 Å². The van der Waals surface area contributed by atoms with Crippen molar-refractivity contribution in [2.45, 2.75) is 18.9 Å². The van der Waals surface area contributed by atoms with E-state index in [0.717, 1.165) is 48.6 Å². The van der Waals surface area contributed by atoms with Crippen LogP contribution in [0.25, 0.3) is 16.9 Å². The van der Waals surface area contributed by atoms with Crippen molar-refractivity contribution < 1.29 is 0 Å². The molecule has 1 fully saturated rings. The van der Waals surface area contributed by atoms with E-state index < -0.39 is 0 Å². The monoisotopic (exact) mass is 397 g/mol. The first-order chi connectivity index (χ1) is 14.8. The zero-order valence-electron chi connectivity index (χ0n) is 16.2. The molecule has 0 unspecified atom stereocenters. The van der Waals surface area contributed by atoms with Gasteiger partial charge in [-0.05, 0) is 31.0 Å². The van der Waals surface area contributed by atoms with Crippen molar-refractivity contribution in [2.24, 2.45) is 0 Å². The molecule has 1 N–H and O–H groups in total. The van der Waals surface area contributed by atoms with Crippen LogP contribution in [0.5, 0.6) is 0 Å². The van der Waals surface area contributed by atoms with Crippen LogP contribution in [0.15, 0.2) is 55.4 Å². The van der Waals surface area contributed by atoms with Crippen LogP contribution in [0.2, 0.25) is 0 Å². The molecule has 5 rings (SSSR count). The van der Waals surface area contributed by atoms with Crippen LogP contribution in [0, 0.1) is 11.3 Å². The average molecular weight is 397 g/mol. The van der Waals surface area contributed by atoms with Crippen LogP contribution in [0.4, 0.5) is 11.6 Å². The SMILES string of the molecule is N#Cc1ccc(N2CCC[C@@H](Nc3ccnc(-c4cnn5ccncc45)n3)C2)nc1. The predicted octanol–water partition coefficient (Wildman–Crippen LogP) is 2.53. The van der Waals surface area contributed by atoms with E-state index in [0.29, 0.717) is 11.4 Å². The Hall–Kier alpha value is -4.06. The standard InChI is InChI=1S/C21H19N9/c22-10-15-3-4-20(25-11-15)29-8-1-2-16(14-29)27-19-5-6-24-21(28-19)17-12-26-30-9-7-23-13-18(17)30/h3-7,9,11-13,16H,1-2,8,14H2,(H,24,27,28)/t16-/m1/s1. The first-order valence-electron chi connectivity index (χ1n) is 9.78. The Kier molecular flexibility index (Phi) is 4.65. The van der Waals surface area contributed by atoms with E-state index in [9.17, 15) is 0 Å². The van der Waals surface area contributed by atoms with Gasteiger partial charge in [-0.15, -0.1) is 0 Å². The van der Waals surface area contributed by atoms with E-state index in [-0.39, 0.29) is 6.04 Å². The summed E-state index contributed by atoms with van der Waals surface area (Å²) in [5, 5.41) is 16.8. The lowest BCUT2D eigenvalue weighted by Gasteiger charge is -2.34. The van der Waals surface area contributed by atoms with Gasteiger partial charge in [0.25, 0.3) is 0 Å². The van der Waals surface area contributed by atoms with E-state index in [2.05, 4.69) is 36.3 Å². The Morgan fingerprint density at radius 2 is 2.07 bits per heavy atom. The fraction of sp³-hybridized carbons (Fsp3) is 0.238. The first-order valence-corrected chi connectivity index (χ1v) is 9.78. The number of nitrogens with one attached hydrogen (secondary N) is 1. The number of aromatic nitrogens is 6. The molecule has 0 saturated carbocycles. The number of nitriles is 1. The first kappa shape index (κ1) is 18.0. The molecule has 0 spiro atoms. The second-order valence-electron chi connectivity index (χ2n) is 7.18. The van der Waals surface area contributed by atoms with Crippen LogP contribution in [0.1, 0.15) is 18.4 Å². The van der Waals surface area contributed by atoms with E-state index in [1.165, 1.54) is 0 Å². The number of nitrogens with zero attached hydrogens (tertiary/aromatic N) is 8. The van der Waals surface area contributed by atoms with Crippen LogP contribution >= 0.6 is 0 Å². The third-order valence-electron chi connectivity index (χ3n) is 5.20. The third kappa shape index (κ3) is 3.51. The van der Waals surface area contributed by atoms with E-state index in [1.807, 2.05) is 12.1 Å². The fourth-order valence-corrected chi connectivity index (χ4v) is 3.73. The summed E-state index contributed by atoms with van der Waals surface area (Å²) in [6.07, 6.45) is 12.5. The Labute approximate surface area is 173 Å². The maximum absolute atomic E-state index is 8.96. The normalized spacial score (nSPS) is 16.4. The van der Waals surface area contributed by atoms with Crippen LogP contribution in [-0.4, -0.2) is 48.7 Å². The summed E-state index contributed by atoms with van der Waals surface area (Å²) < 4.78 is 1.76. The minimum absolute atomic E-state index is 0.240. The summed E-state index contributed by atoms with van der Waals surface area (Å²) in [5.74, 6) is 2.29. The van der Waals surface area contributed by atoms with Gasteiger partial charge in [0, 0.05) is 43.9 Å². The molecule has 9 heteroatoms. The van der Waals surface area contributed by atoms with Gasteiger partial charge < -0.3 is 10.2 Å². The van der Waals surface area contributed by atoms with Gasteiger partial charge in [-0.1, -0.05) is 0 Å². The Morgan fingerprint density at radius 1 is 1.10 bits per heavy atom. The van der Waals surface area contributed by atoms with Gasteiger partial charge in [-0.3, -0.25) is 4.98 Å². The molecule has 1 aliphatic rings. The van der Waals surface area contributed by atoms with Crippen molar-refractivity contribution in [3.05, 3.63) is 60.9 Å². The number of rotatable bonds is 4. The zero-order valence-corrected chi connectivity index (χ0v) is 16.2. The number of hydrogen-bond donors (Lipinski definition) is 1. The highest BCUT2D eigenvalue weighted by Gasteiger charge is 2.21. The van der Waals surface area contributed by atoms with Crippen molar-refractivity contribution in [3.63, 3.8) is 0 Å². The molecule has 0 aliphatic carbocycles. The lowest BCUT2D eigenvalue weighted by Crippen LogP contribution is -2.42. The lowest BCUT2D eigenvalue weighted by molar-refractivity contribution is 0.525. The second-order valence-corrected chi connectivity index (χ2v) is 7.18. The number of anilines is 2. The molecule has 9 nitrogen and oxygen atoms in total. The Balaban J connectivity index is 1.33. The topological polar surface area (TPSA) is 108 Å². The molecule has 0 bridgehead atoms. The van der Waals surface area contributed by atoms with Gasteiger partial charge in [0.1, 0.15) is 17.7 Å². The quantitative estimate of drug-likeness (QED) is 0.560. The minimum Gasteiger partial charge on any atom is -0.365 e. The van der Waals surface area contributed by atoms with Gasteiger partial charge >= 0.3 is 0 Å². The second kappa shape index (κ2) is 7.75. The highest BCUT2D eigenvalue weighted by molar-refractivity contribution is 5.75. The summed E-state index contributed by atoms with van der Waals surface area (Å²) in [6.45, 7) is 1.76. The predicted molar refractivity (Wildman–Crippen MR) is 112 cm³/mol. The number of piperidine rings is 1. The van der Waals surface area contributed by atoms with Crippen molar-refractivity contribution in [1.29, 1.82) is 5.26 Å². The molecule has 1 atom stereocenters. The van der Waals surface area contributed by atoms with Crippen molar-refractivity contribution in [1.82, 2.24) is 29.5 Å². The van der Waals surface area contributed by atoms with E-state index in [1.54, 1.807) is 47.8 Å². The lowest BCUT2D eigenvalue weighted by atomic mass is 10.1. The smallest absolute Gasteiger partial charge is 0.165 e. The van der Waals surface area contributed by atoms with Gasteiger partial charge in [-0.2, -0.15) is 10.4 Å². The molecule has 1 aliphatic heterocycles. The van der Waals surface area contributed by atoms with E-state index in [4.69, 9.17) is 10.2 Å². The minimum atomic E-state index is 0.240. The van der Waals surface area contributed by atoms with Crippen LogP contribution in [0.3, 0.4) is 0 Å². The molecule has 4 aromatic rings. The largest absolute Gasteiger partial charge is 0.365 e. The zero-order chi connectivity index (χ0) is 20.3. The summed E-state index contributed by atoms with van der Waals surface area (Å²) >= 11 is 0. The van der Waals surface area contributed by atoms with Crippen LogP contribution in [-0.2, 0) is 0 Å². The molecule has 5 heterocycles. The number of hydrogen-bond acceptors (Lipinski definition) is 8. The van der Waals surface area contributed by atoms with Crippen molar-refractivity contribution in [3.8, 4) is 17.5 Å². The van der Waals surface area contributed by atoms with Gasteiger partial charge in [0.15, 0.2) is 5.82 Å². The van der Waals surface area contributed by atoms with Gasteiger partial charge in [0.05, 0.1) is 29.0 Å². The summed E-state index contributed by atoms with van der Waals surface area (Å²) in [6, 6.07) is 7.94. The molecular weight excluding hydrogens is 378 g/mol. The summed E-state index contributed by atoms with van der Waals surface area (Å²) in [7, 11) is 0. The van der Waals surface area contributed by atoms with Gasteiger partial charge in [-0.25, -0.2) is 19.5 Å². The molecule has 148 valence electrons. The molecule has 4 aromatic heterocycles. The molecule has 30 heavy (non-hydrogen) atoms. The Morgan fingerprint density at radius 3 is 2.93 bits per heavy atom. The molecule has 0 amide bonds. The summed E-state index contributed by atoms with van der Waals surface area (Å²) in [5.41, 5.74) is 2.28. The summed E-state index contributed by atoms with van der Waals surface area (Å²) in [4.78, 5) is 20.0. The third-order valence-corrected chi connectivity index (χ3v) is 5.20. The maximum Gasteiger partial charge on any atom is 0.165 e.